The van der Waals surface area contributed by atoms with Crippen molar-refractivity contribution in [1.82, 2.24) is 4.40 Å². The molecule has 0 radical (unpaired) electrons. The van der Waals surface area contributed by atoms with Crippen LogP contribution in [-0.4, -0.2) is 4.40 Å². The topological polar surface area (TPSA) is 52.6 Å². The second kappa shape index (κ2) is 7.34. The van der Waals surface area contributed by atoms with Gasteiger partial charge in [-0.05, 0) is 24.6 Å². The maximum atomic E-state index is 15.7. The van der Waals surface area contributed by atoms with Gasteiger partial charge in [-0.3, -0.25) is 0 Å². The number of aromatic nitrogens is 3. The molecule has 1 aliphatic rings. The van der Waals surface area contributed by atoms with Gasteiger partial charge in [0.2, 0.25) is 17.6 Å². The first-order chi connectivity index (χ1) is 16.5. The predicted octanol–water partition coefficient (Wildman–Crippen LogP) is 3.80. The van der Waals surface area contributed by atoms with Crippen LogP contribution in [0.15, 0.2) is 52.6 Å². The number of hydrogen-bond donors (Lipinski definition) is 0. The van der Waals surface area contributed by atoms with Crippen LogP contribution in [0.5, 0.6) is 0 Å². The molecule has 5 rings (SSSR count). The monoisotopic (exact) mass is 489 g/mol. The summed E-state index contributed by atoms with van der Waals surface area (Å²) in [6, 6.07) is 3.92. The molecule has 3 aromatic heterocycles. The number of H-pyrrole nitrogens is 1. The smallest absolute Gasteiger partial charge is 0.382 e. The number of oxazole rings is 1. The van der Waals surface area contributed by atoms with E-state index >= 15 is 4.39 Å². The summed E-state index contributed by atoms with van der Waals surface area (Å²) in [5, 5.41) is 0. The van der Waals surface area contributed by atoms with E-state index in [1.807, 2.05) is 0 Å². The average Bonchev–Trinajstić information content (AvgIpc) is 3.31. The summed E-state index contributed by atoms with van der Waals surface area (Å²) < 4.78 is 80.2. The van der Waals surface area contributed by atoms with Crippen LogP contribution >= 0.6 is 0 Å². The molecular weight excluding hydrogens is 469 g/mol. The third kappa shape index (κ3) is 2.95. The van der Waals surface area contributed by atoms with Crippen LogP contribution < -0.4 is 20.7 Å². The van der Waals surface area contributed by atoms with Crippen molar-refractivity contribution in [3.8, 4) is 11.3 Å². The van der Waals surface area contributed by atoms with E-state index in [-0.39, 0.29) is 34.3 Å². The predicted molar refractivity (Wildman–Crippen MR) is 115 cm³/mol. The molecule has 35 heavy (non-hydrogen) atoms. The Morgan fingerprint density at radius 1 is 1.26 bits per heavy atom. The molecule has 0 aliphatic carbocycles. The Balaban J connectivity index is 2.11. The third-order valence-electron chi connectivity index (χ3n) is 6.70. The maximum Gasteiger partial charge on any atom is 0.422 e. The van der Waals surface area contributed by atoms with Gasteiger partial charge in [-0.15, -0.1) is 0 Å². The van der Waals surface area contributed by atoms with Crippen molar-refractivity contribution in [2.45, 2.75) is 38.9 Å². The van der Waals surface area contributed by atoms with Crippen LogP contribution in [0.1, 0.15) is 35.7 Å². The van der Waals surface area contributed by atoms with Gasteiger partial charge in [-0.1, -0.05) is 13.5 Å². The minimum absolute atomic E-state index is 0.0605. The summed E-state index contributed by atoms with van der Waals surface area (Å²) in [6.07, 6.45) is -0.372. The molecule has 0 fully saturated rings. The second-order valence-electron chi connectivity index (χ2n) is 8.60. The lowest BCUT2D eigenvalue weighted by atomic mass is 9.76. The van der Waals surface area contributed by atoms with Gasteiger partial charge in [0.25, 0.3) is 5.52 Å². The van der Waals surface area contributed by atoms with Crippen LogP contribution in [0.25, 0.3) is 22.3 Å². The summed E-state index contributed by atoms with van der Waals surface area (Å²) >= 11 is 0. The highest BCUT2D eigenvalue weighted by Crippen LogP contribution is 2.47. The number of aromatic amines is 1. The Morgan fingerprint density at radius 3 is 2.60 bits per heavy atom. The van der Waals surface area contributed by atoms with Crippen molar-refractivity contribution < 1.29 is 35.9 Å². The molecule has 0 bridgehead atoms. The number of aryl methyl sites for hydroxylation is 2. The summed E-state index contributed by atoms with van der Waals surface area (Å²) in [7, 11) is 0. The number of nitrogens with zero attached hydrogens (tertiary/aromatic N) is 2. The molecule has 4 heterocycles. The average molecular weight is 489 g/mol. The number of pyridine rings is 1. The van der Waals surface area contributed by atoms with Gasteiger partial charge in [0.15, 0.2) is 17.7 Å². The summed E-state index contributed by atoms with van der Waals surface area (Å²) in [6.45, 7) is 9.11. The Labute approximate surface area is 195 Å². The molecule has 1 aromatic carbocycles. The first-order valence-electron chi connectivity index (χ1n) is 10.8. The highest BCUT2D eigenvalue weighted by atomic mass is 19.4. The van der Waals surface area contributed by atoms with Crippen LogP contribution in [-0.2, 0) is 11.7 Å². The maximum absolute atomic E-state index is 15.7. The molecule has 180 valence electrons. The zero-order valence-electron chi connectivity index (χ0n) is 19.0. The lowest BCUT2D eigenvalue weighted by Gasteiger charge is -2.33. The van der Waals surface area contributed by atoms with Crippen molar-refractivity contribution in [2.75, 3.05) is 0 Å². The molecule has 5 nitrogen and oxygen atoms in total. The highest BCUT2D eigenvalue weighted by molar-refractivity contribution is 5.85. The lowest BCUT2D eigenvalue weighted by Crippen LogP contribution is -2.60. The van der Waals surface area contributed by atoms with Crippen LogP contribution in [0, 0.1) is 25.5 Å². The Morgan fingerprint density at radius 2 is 1.97 bits per heavy atom. The number of alkyl halides is 3. The minimum atomic E-state index is -5.26. The first kappa shape index (κ1) is 22.9. The van der Waals surface area contributed by atoms with Gasteiger partial charge in [0.1, 0.15) is 17.0 Å². The number of fused-ring (bicyclic) bond motifs is 4. The molecule has 0 spiro atoms. The third-order valence-corrected chi connectivity index (χ3v) is 6.70. The van der Waals surface area contributed by atoms with Crippen LogP contribution in [0.4, 0.5) is 22.0 Å². The molecule has 4 aromatic rings. The number of nitrogens with one attached hydrogen (secondary N) is 1. The van der Waals surface area contributed by atoms with Gasteiger partial charge in [0.05, 0.1) is 5.56 Å². The molecule has 0 saturated carbocycles. The highest BCUT2D eigenvalue weighted by Gasteiger charge is 2.53. The van der Waals surface area contributed by atoms with Gasteiger partial charge >= 0.3 is 17.3 Å². The minimum Gasteiger partial charge on any atom is -0.382 e. The van der Waals surface area contributed by atoms with E-state index in [4.69, 9.17) is 4.42 Å². The fraction of sp³-hybridized carbons (Fsp3) is 0.240. The van der Waals surface area contributed by atoms with E-state index in [0.717, 1.165) is 0 Å². The standard InChI is InChI=1S/C25H19F5N3O2/c1-5-24(6-2)18(22-32-11-31-13(4)21(32)23(34)35-22)14-10-15(26)19(25(28,29)30)20(27)17(14)16-9-12(3)7-8-33(16)24/h5,7-11H,1,6H2,2-4H3/q+1/p+1. The van der Waals surface area contributed by atoms with Gasteiger partial charge in [-0.2, -0.15) is 22.1 Å². The number of rotatable bonds is 2. The number of halogens is 5. The molecule has 10 heteroatoms. The van der Waals surface area contributed by atoms with Crippen molar-refractivity contribution in [2.24, 2.45) is 0 Å². The molecule has 1 unspecified atom stereocenters. The van der Waals surface area contributed by atoms with Crippen LogP contribution in [0.3, 0.4) is 0 Å². The number of allylic oxidation sites excluding steroid dienone is 1. The summed E-state index contributed by atoms with van der Waals surface area (Å²) in [5.41, 5.74) is -2.96. The molecule has 0 saturated heterocycles. The lowest BCUT2D eigenvalue weighted by molar-refractivity contribution is -0.729. The summed E-state index contributed by atoms with van der Waals surface area (Å²) in [5.74, 6) is -3.50. The van der Waals surface area contributed by atoms with Crippen molar-refractivity contribution >= 4 is 11.1 Å². The fourth-order valence-electron chi connectivity index (χ4n) is 5.06. The van der Waals surface area contributed by atoms with Gasteiger partial charge < -0.3 is 4.42 Å². The normalized spacial score (nSPS) is 19.1. The Bertz CT molecular complexity index is 1670. The quantitative estimate of drug-likeness (QED) is 0.244. The first-order valence-corrected chi connectivity index (χ1v) is 10.8. The molecular formula is C25H20F5N3O2+2. The molecule has 1 N–H and O–H groups in total. The van der Waals surface area contributed by atoms with E-state index in [1.165, 1.54) is 22.9 Å². The Hall–Kier alpha value is -3.82. The number of imidazole rings is 1. The second-order valence-corrected chi connectivity index (χ2v) is 8.60. The zero-order chi connectivity index (χ0) is 25.4. The number of hydrogen-bond acceptors (Lipinski definition) is 2. The zero-order valence-corrected chi connectivity index (χ0v) is 19.0. The van der Waals surface area contributed by atoms with E-state index in [0.29, 0.717) is 17.3 Å². The van der Waals surface area contributed by atoms with Crippen molar-refractivity contribution in [3.63, 3.8) is 0 Å². The SMILES string of the molecule is C=CC1(CC)C(=c2oc(=O)c3c(C)[nH+]cn23)c2cc(F)c(C(F)(F)F)c(F)c2-c2cc(C)cc[n+]21. The van der Waals surface area contributed by atoms with Crippen LogP contribution in [0.2, 0.25) is 0 Å². The molecule has 1 aliphatic heterocycles. The summed E-state index contributed by atoms with van der Waals surface area (Å²) in [4.78, 5) is 15.6. The Kier molecular flexibility index (Phi) is 4.81. The van der Waals surface area contributed by atoms with E-state index in [9.17, 15) is 22.4 Å². The van der Waals surface area contributed by atoms with E-state index in [2.05, 4.69) is 11.6 Å². The van der Waals surface area contributed by atoms with E-state index in [1.54, 1.807) is 37.6 Å². The van der Waals surface area contributed by atoms with Gasteiger partial charge in [-0.25, -0.2) is 18.6 Å². The van der Waals surface area contributed by atoms with E-state index < -0.39 is 40.1 Å². The fourth-order valence-corrected chi connectivity index (χ4v) is 5.06. The molecule has 0 amide bonds. The largest absolute Gasteiger partial charge is 0.422 e. The van der Waals surface area contributed by atoms with Crippen molar-refractivity contribution in [1.29, 1.82) is 0 Å². The molecule has 1 atom stereocenters. The van der Waals surface area contributed by atoms with Gasteiger partial charge in [0, 0.05) is 31.0 Å². The van der Waals surface area contributed by atoms with Crippen molar-refractivity contribution in [3.05, 3.63) is 93.4 Å². The number of benzene rings is 1.